The van der Waals surface area contributed by atoms with E-state index in [0.29, 0.717) is 11.4 Å². The molecule has 120 valence electrons. The van der Waals surface area contributed by atoms with Crippen LogP contribution in [0.15, 0.2) is 4.90 Å². The van der Waals surface area contributed by atoms with Gasteiger partial charge < -0.3 is 5.32 Å². The monoisotopic (exact) mass is 312 g/mol. The first-order valence-corrected chi connectivity index (χ1v) is 8.78. The molecule has 0 fully saturated rings. The van der Waals surface area contributed by atoms with Gasteiger partial charge in [0.05, 0.1) is 4.90 Å². The van der Waals surface area contributed by atoms with Crippen molar-refractivity contribution >= 4 is 10.0 Å². The zero-order valence-electron chi connectivity index (χ0n) is 14.3. The number of nitrogens with zero attached hydrogens (tertiary/aromatic N) is 1. The van der Waals surface area contributed by atoms with Crippen molar-refractivity contribution in [1.29, 1.82) is 0 Å². The molecule has 1 rings (SSSR count). The molecule has 1 aromatic carbocycles. The second-order valence-corrected chi connectivity index (χ2v) is 7.72. The molecule has 0 aliphatic carbocycles. The number of sulfonamides is 1. The van der Waals surface area contributed by atoms with Gasteiger partial charge in [0.2, 0.25) is 10.0 Å². The van der Waals surface area contributed by atoms with Crippen LogP contribution in [0.4, 0.5) is 0 Å². The number of benzene rings is 1. The molecule has 0 amide bonds. The first-order chi connectivity index (χ1) is 9.66. The Morgan fingerprint density at radius 1 is 0.905 bits per heavy atom. The molecule has 0 spiro atoms. The van der Waals surface area contributed by atoms with Crippen LogP contribution < -0.4 is 5.32 Å². The van der Waals surface area contributed by atoms with E-state index in [1.165, 1.54) is 9.87 Å². The summed E-state index contributed by atoms with van der Waals surface area (Å²) in [6.07, 6.45) is 0.800. The molecule has 0 saturated carbocycles. The van der Waals surface area contributed by atoms with E-state index in [0.717, 1.165) is 35.2 Å². The average molecular weight is 312 g/mol. The summed E-state index contributed by atoms with van der Waals surface area (Å²) >= 11 is 0. The molecule has 0 unspecified atom stereocenters. The summed E-state index contributed by atoms with van der Waals surface area (Å²) in [6.45, 7) is 11.2. The van der Waals surface area contributed by atoms with Gasteiger partial charge in [0.25, 0.3) is 0 Å². The minimum absolute atomic E-state index is 0.482. The van der Waals surface area contributed by atoms with Gasteiger partial charge >= 0.3 is 0 Å². The summed E-state index contributed by atoms with van der Waals surface area (Å²) in [5.74, 6) is 0. The summed E-state index contributed by atoms with van der Waals surface area (Å²) in [6, 6.07) is 0. The average Bonchev–Trinajstić information content (AvgIpc) is 2.43. The lowest BCUT2D eigenvalue weighted by Gasteiger charge is -2.23. The number of hydrogen-bond acceptors (Lipinski definition) is 3. The van der Waals surface area contributed by atoms with E-state index in [9.17, 15) is 8.42 Å². The zero-order valence-corrected chi connectivity index (χ0v) is 15.1. The van der Waals surface area contributed by atoms with Gasteiger partial charge in [-0.15, -0.1) is 0 Å². The Bertz CT molecular complexity index is 593. The summed E-state index contributed by atoms with van der Waals surface area (Å²) in [7, 11) is 0.0946. The van der Waals surface area contributed by atoms with Crippen molar-refractivity contribution in [3.8, 4) is 0 Å². The van der Waals surface area contributed by atoms with Crippen molar-refractivity contribution in [2.75, 3.05) is 27.2 Å². The first-order valence-electron chi connectivity index (χ1n) is 7.34. The summed E-state index contributed by atoms with van der Waals surface area (Å²) in [4.78, 5) is 0.482. The molecule has 1 aromatic rings. The van der Waals surface area contributed by atoms with Crippen molar-refractivity contribution in [2.24, 2.45) is 0 Å². The van der Waals surface area contributed by atoms with Crippen LogP contribution in [0.1, 0.15) is 34.2 Å². The predicted octanol–water partition coefficient (Wildman–Crippen LogP) is 2.46. The van der Waals surface area contributed by atoms with Crippen LogP contribution in [0.5, 0.6) is 0 Å². The number of hydrogen-bond donors (Lipinski definition) is 1. The fraction of sp³-hybridized carbons (Fsp3) is 0.625. The molecule has 0 bridgehead atoms. The maximum Gasteiger partial charge on any atom is 0.243 e. The Labute approximate surface area is 129 Å². The maximum absolute atomic E-state index is 12.9. The van der Waals surface area contributed by atoms with Gasteiger partial charge in [-0.3, -0.25) is 0 Å². The molecule has 0 aromatic heterocycles. The fourth-order valence-electron chi connectivity index (χ4n) is 2.61. The van der Waals surface area contributed by atoms with E-state index in [1.807, 2.05) is 34.7 Å². The van der Waals surface area contributed by atoms with Crippen LogP contribution in [-0.2, 0) is 10.0 Å². The van der Waals surface area contributed by atoms with Crippen molar-refractivity contribution in [1.82, 2.24) is 9.62 Å². The second kappa shape index (κ2) is 6.90. The highest BCUT2D eigenvalue weighted by molar-refractivity contribution is 7.89. The molecule has 1 N–H and O–H groups in total. The van der Waals surface area contributed by atoms with Gasteiger partial charge in [-0.05, 0) is 82.4 Å². The quantitative estimate of drug-likeness (QED) is 0.821. The van der Waals surface area contributed by atoms with Crippen LogP contribution in [0, 0.1) is 34.6 Å². The maximum atomic E-state index is 12.9. The first kappa shape index (κ1) is 18.1. The smallest absolute Gasteiger partial charge is 0.243 e. The van der Waals surface area contributed by atoms with E-state index in [4.69, 9.17) is 0 Å². The highest BCUT2D eigenvalue weighted by atomic mass is 32.2. The lowest BCUT2D eigenvalue weighted by Crippen LogP contribution is -2.31. The van der Waals surface area contributed by atoms with E-state index in [2.05, 4.69) is 12.2 Å². The van der Waals surface area contributed by atoms with Crippen molar-refractivity contribution in [2.45, 2.75) is 45.9 Å². The van der Waals surface area contributed by atoms with Gasteiger partial charge in [0.1, 0.15) is 0 Å². The van der Waals surface area contributed by atoms with Crippen LogP contribution >= 0.6 is 0 Å². The van der Waals surface area contributed by atoms with Crippen LogP contribution in [-0.4, -0.2) is 39.9 Å². The standard InChI is InChI=1S/C16H28N2O2S/c1-11-12(2)14(4)16(15(5)13(11)3)21(19,20)18(7)10-8-9-17-6/h17H,8-10H2,1-7H3. The van der Waals surface area contributed by atoms with E-state index < -0.39 is 10.0 Å². The Balaban J connectivity index is 3.33. The summed E-state index contributed by atoms with van der Waals surface area (Å²) in [5.41, 5.74) is 5.06. The van der Waals surface area contributed by atoms with Crippen molar-refractivity contribution in [3.63, 3.8) is 0 Å². The zero-order chi connectivity index (χ0) is 16.4. The second-order valence-electron chi connectivity index (χ2n) is 5.74. The highest BCUT2D eigenvalue weighted by Gasteiger charge is 2.27. The SMILES string of the molecule is CNCCCN(C)S(=O)(=O)c1c(C)c(C)c(C)c(C)c1C. The fourth-order valence-corrected chi connectivity index (χ4v) is 4.37. The van der Waals surface area contributed by atoms with Gasteiger partial charge in [-0.2, -0.15) is 0 Å². The Morgan fingerprint density at radius 3 is 1.76 bits per heavy atom. The Kier molecular flexibility index (Phi) is 5.96. The van der Waals surface area contributed by atoms with Crippen LogP contribution in [0.3, 0.4) is 0 Å². The number of nitrogens with one attached hydrogen (secondary N) is 1. The van der Waals surface area contributed by atoms with Gasteiger partial charge in [0, 0.05) is 13.6 Å². The molecule has 4 nitrogen and oxygen atoms in total. The van der Waals surface area contributed by atoms with Crippen LogP contribution in [0.25, 0.3) is 0 Å². The third-order valence-corrected chi connectivity index (χ3v) is 6.63. The Morgan fingerprint density at radius 2 is 1.33 bits per heavy atom. The lowest BCUT2D eigenvalue weighted by molar-refractivity contribution is 0.457. The van der Waals surface area contributed by atoms with Crippen molar-refractivity contribution in [3.05, 3.63) is 27.8 Å². The van der Waals surface area contributed by atoms with Gasteiger partial charge in [-0.25, -0.2) is 12.7 Å². The van der Waals surface area contributed by atoms with E-state index in [1.54, 1.807) is 7.05 Å². The van der Waals surface area contributed by atoms with Gasteiger partial charge in [-0.1, -0.05) is 0 Å². The molecule has 21 heavy (non-hydrogen) atoms. The molecular weight excluding hydrogens is 284 g/mol. The molecule has 0 atom stereocenters. The molecule has 0 heterocycles. The predicted molar refractivity (Wildman–Crippen MR) is 88.5 cm³/mol. The normalized spacial score (nSPS) is 12.2. The molecule has 0 aliphatic rings. The van der Waals surface area contributed by atoms with Crippen molar-refractivity contribution < 1.29 is 8.42 Å². The van der Waals surface area contributed by atoms with Crippen LogP contribution in [0.2, 0.25) is 0 Å². The molecule has 5 heteroatoms. The Hall–Kier alpha value is -0.910. The lowest BCUT2D eigenvalue weighted by atomic mass is 9.95. The third-order valence-electron chi connectivity index (χ3n) is 4.50. The van der Waals surface area contributed by atoms with Gasteiger partial charge in [0.15, 0.2) is 0 Å². The van der Waals surface area contributed by atoms with E-state index >= 15 is 0 Å². The number of rotatable bonds is 6. The third kappa shape index (κ3) is 3.47. The summed E-state index contributed by atoms with van der Waals surface area (Å²) < 4.78 is 27.2. The summed E-state index contributed by atoms with van der Waals surface area (Å²) in [5, 5.41) is 3.04. The molecule has 0 aliphatic heterocycles. The molecule has 0 saturated heterocycles. The minimum Gasteiger partial charge on any atom is -0.320 e. The molecule has 0 radical (unpaired) electrons. The minimum atomic E-state index is -3.44. The highest BCUT2D eigenvalue weighted by Crippen LogP contribution is 2.31. The topological polar surface area (TPSA) is 49.4 Å². The largest absolute Gasteiger partial charge is 0.320 e. The molecular formula is C16H28N2O2S. The van der Waals surface area contributed by atoms with E-state index in [-0.39, 0.29) is 0 Å².